The number of halogens is 4. The van der Waals surface area contributed by atoms with Crippen LogP contribution in [0.1, 0.15) is 16.1 Å². The van der Waals surface area contributed by atoms with E-state index >= 15 is 0 Å². The largest absolute Gasteiger partial charge is 0.453 e. The minimum absolute atomic E-state index is 0.122. The predicted octanol–water partition coefficient (Wildman–Crippen LogP) is 4.54. The molecule has 0 aliphatic rings. The van der Waals surface area contributed by atoms with Gasteiger partial charge in [-0.2, -0.15) is 13.2 Å². The van der Waals surface area contributed by atoms with Crippen LogP contribution in [0.4, 0.5) is 13.2 Å². The van der Waals surface area contributed by atoms with Crippen molar-refractivity contribution in [3.05, 3.63) is 46.1 Å². The van der Waals surface area contributed by atoms with E-state index < -0.39 is 11.7 Å². The number of hydrogen-bond acceptors (Lipinski definition) is 2. The van der Waals surface area contributed by atoms with Gasteiger partial charge in [0, 0.05) is 10.0 Å². The number of carbonyl (C=O) groups excluding carboxylic acids is 1. The molecule has 0 unspecified atom stereocenters. The summed E-state index contributed by atoms with van der Waals surface area (Å²) in [5, 5.41) is 0. The Bertz CT molecular complexity index is 587. The predicted molar refractivity (Wildman–Crippen MR) is 62.2 cm³/mol. The van der Waals surface area contributed by atoms with Crippen molar-refractivity contribution in [2.75, 3.05) is 0 Å². The van der Waals surface area contributed by atoms with Gasteiger partial charge in [0.15, 0.2) is 12.0 Å². The third-order valence-corrected chi connectivity index (χ3v) is 2.96. The summed E-state index contributed by atoms with van der Waals surface area (Å²) >= 11 is 3.06. The highest BCUT2D eigenvalue weighted by atomic mass is 79.9. The monoisotopic (exact) mass is 318 g/mol. The summed E-state index contributed by atoms with van der Waals surface area (Å²) in [5.41, 5.74) is -0.295. The minimum Gasteiger partial charge on any atom is -0.453 e. The zero-order chi connectivity index (χ0) is 13.3. The molecule has 0 saturated heterocycles. The summed E-state index contributed by atoms with van der Waals surface area (Å²) in [6.45, 7) is 0. The number of rotatable bonds is 2. The quantitative estimate of drug-likeness (QED) is 0.761. The second-order valence-corrected chi connectivity index (χ2v) is 4.37. The van der Waals surface area contributed by atoms with Crippen LogP contribution in [-0.2, 0) is 6.18 Å². The van der Waals surface area contributed by atoms with E-state index in [1.54, 1.807) is 0 Å². The van der Waals surface area contributed by atoms with Gasteiger partial charge >= 0.3 is 6.18 Å². The molecule has 94 valence electrons. The molecule has 2 nitrogen and oxygen atoms in total. The fraction of sp³-hybridized carbons (Fsp3) is 0.0833. The molecule has 0 atom stereocenters. The maximum absolute atomic E-state index is 12.5. The van der Waals surface area contributed by atoms with Crippen LogP contribution in [0.3, 0.4) is 0 Å². The molecule has 0 bridgehead atoms. The van der Waals surface area contributed by atoms with Crippen LogP contribution in [0.25, 0.3) is 11.3 Å². The van der Waals surface area contributed by atoms with Gasteiger partial charge in [-0.05, 0) is 30.3 Å². The molecule has 0 N–H and O–H groups in total. The van der Waals surface area contributed by atoms with Crippen molar-refractivity contribution in [2.45, 2.75) is 6.18 Å². The number of aldehydes is 1. The molecule has 2 rings (SSSR count). The van der Waals surface area contributed by atoms with Crippen LogP contribution >= 0.6 is 15.9 Å². The van der Waals surface area contributed by atoms with Crippen LogP contribution in [-0.4, -0.2) is 6.29 Å². The lowest BCUT2D eigenvalue weighted by atomic mass is 10.1. The van der Waals surface area contributed by atoms with Crippen molar-refractivity contribution in [1.82, 2.24) is 0 Å². The number of alkyl halides is 3. The molecule has 2 aromatic rings. The van der Waals surface area contributed by atoms with Gasteiger partial charge < -0.3 is 4.42 Å². The van der Waals surface area contributed by atoms with E-state index in [0.717, 1.165) is 12.1 Å². The Labute approximate surface area is 109 Å². The van der Waals surface area contributed by atoms with Crippen molar-refractivity contribution in [3.8, 4) is 11.3 Å². The molecule has 1 heterocycles. The standard InChI is InChI=1S/C12H6BrF3O2/c13-10-5-7(12(14,15)16)1-3-9(10)11-4-2-8(6-17)18-11/h1-6H. The van der Waals surface area contributed by atoms with Gasteiger partial charge in [0.1, 0.15) is 5.76 Å². The molecule has 0 aliphatic carbocycles. The molecule has 0 saturated carbocycles. The molecule has 18 heavy (non-hydrogen) atoms. The van der Waals surface area contributed by atoms with Crippen molar-refractivity contribution < 1.29 is 22.4 Å². The first-order valence-electron chi connectivity index (χ1n) is 4.84. The summed E-state index contributed by atoms with van der Waals surface area (Å²) in [7, 11) is 0. The second kappa shape index (κ2) is 4.61. The number of benzene rings is 1. The Hall–Kier alpha value is -1.56. The highest BCUT2D eigenvalue weighted by Crippen LogP contribution is 2.36. The molecule has 1 aromatic carbocycles. The smallest absolute Gasteiger partial charge is 0.416 e. The van der Waals surface area contributed by atoms with E-state index in [2.05, 4.69) is 15.9 Å². The molecular formula is C12H6BrF3O2. The van der Waals surface area contributed by atoms with Crippen LogP contribution in [0, 0.1) is 0 Å². The SMILES string of the molecule is O=Cc1ccc(-c2ccc(C(F)(F)F)cc2Br)o1. The van der Waals surface area contributed by atoms with Gasteiger partial charge in [0.2, 0.25) is 0 Å². The Morgan fingerprint density at radius 2 is 1.89 bits per heavy atom. The van der Waals surface area contributed by atoms with Crippen molar-refractivity contribution in [3.63, 3.8) is 0 Å². The van der Waals surface area contributed by atoms with E-state index in [0.29, 0.717) is 17.6 Å². The number of furan rings is 1. The first kappa shape index (κ1) is 12.9. The first-order valence-corrected chi connectivity index (χ1v) is 5.63. The number of carbonyl (C=O) groups is 1. The fourth-order valence-corrected chi connectivity index (χ4v) is 2.03. The van der Waals surface area contributed by atoms with Gasteiger partial charge in [0.05, 0.1) is 5.56 Å². The number of hydrogen-bond donors (Lipinski definition) is 0. The van der Waals surface area contributed by atoms with Gasteiger partial charge in [-0.1, -0.05) is 15.9 Å². The van der Waals surface area contributed by atoms with E-state index in [1.807, 2.05) is 0 Å². The van der Waals surface area contributed by atoms with Crippen LogP contribution in [0.5, 0.6) is 0 Å². The van der Waals surface area contributed by atoms with Gasteiger partial charge in [0.25, 0.3) is 0 Å². The van der Waals surface area contributed by atoms with Gasteiger partial charge in [-0.3, -0.25) is 4.79 Å². The maximum atomic E-state index is 12.5. The molecule has 0 radical (unpaired) electrons. The summed E-state index contributed by atoms with van der Waals surface area (Å²) < 4.78 is 42.8. The summed E-state index contributed by atoms with van der Waals surface area (Å²) in [6, 6.07) is 6.20. The highest BCUT2D eigenvalue weighted by Gasteiger charge is 2.31. The van der Waals surface area contributed by atoms with E-state index in [1.165, 1.54) is 18.2 Å². The fourth-order valence-electron chi connectivity index (χ4n) is 1.45. The lowest BCUT2D eigenvalue weighted by Crippen LogP contribution is -2.04. The third-order valence-electron chi connectivity index (χ3n) is 2.30. The van der Waals surface area contributed by atoms with E-state index in [4.69, 9.17) is 4.42 Å². The Morgan fingerprint density at radius 3 is 2.39 bits per heavy atom. The normalized spacial score (nSPS) is 11.6. The topological polar surface area (TPSA) is 30.2 Å². The van der Waals surface area contributed by atoms with Gasteiger partial charge in [-0.25, -0.2) is 0 Å². The zero-order valence-electron chi connectivity index (χ0n) is 8.79. The molecule has 0 fully saturated rings. The molecule has 6 heteroatoms. The zero-order valence-corrected chi connectivity index (χ0v) is 10.4. The Morgan fingerprint density at radius 1 is 1.17 bits per heavy atom. The Balaban J connectivity index is 2.44. The second-order valence-electron chi connectivity index (χ2n) is 3.51. The van der Waals surface area contributed by atoms with Crippen molar-refractivity contribution >= 4 is 22.2 Å². The summed E-state index contributed by atoms with van der Waals surface area (Å²) in [6.07, 6.45) is -3.86. The van der Waals surface area contributed by atoms with E-state index in [9.17, 15) is 18.0 Å². The van der Waals surface area contributed by atoms with Gasteiger partial charge in [-0.15, -0.1) is 0 Å². The van der Waals surface area contributed by atoms with Crippen molar-refractivity contribution in [2.24, 2.45) is 0 Å². The Kier molecular flexibility index (Phi) is 3.30. The van der Waals surface area contributed by atoms with E-state index in [-0.39, 0.29) is 10.2 Å². The lowest BCUT2D eigenvalue weighted by Gasteiger charge is -2.08. The first-order chi connectivity index (χ1) is 8.41. The van der Waals surface area contributed by atoms with Crippen molar-refractivity contribution in [1.29, 1.82) is 0 Å². The average Bonchev–Trinajstić information content (AvgIpc) is 2.76. The third kappa shape index (κ3) is 2.48. The van der Waals surface area contributed by atoms with Crippen LogP contribution in [0.15, 0.2) is 39.2 Å². The molecule has 0 spiro atoms. The molecule has 0 amide bonds. The van der Waals surface area contributed by atoms with Crippen LogP contribution < -0.4 is 0 Å². The molecule has 0 aliphatic heterocycles. The lowest BCUT2D eigenvalue weighted by molar-refractivity contribution is -0.137. The molecular weight excluding hydrogens is 313 g/mol. The maximum Gasteiger partial charge on any atom is 0.416 e. The summed E-state index contributed by atoms with van der Waals surface area (Å²) in [4.78, 5) is 10.5. The average molecular weight is 319 g/mol. The molecule has 1 aromatic heterocycles. The highest BCUT2D eigenvalue weighted by molar-refractivity contribution is 9.10. The van der Waals surface area contributed by atoms with Crippen LogP contribution in [0.2, 0.25) is 0 Å². The minimum atomic E-state index is -4.39. The summed E-state index contributed by atoms with van der Waals surface area (Å²) in [5.74, 6) is 0.453.